The molecule has 0 bridgehead atoms. The fourth-order valence-electron chi connectivity index (χ4n) is 9.86. The minimum atomic E-state index is 0.309. The SMILES string of the molecule is COCCOCCOCCOCCOCCOCCOCCOCCOCCOCCOCCOCCOCCOCCOCCOCCOCCOCCOCCOCCOCCOCCOCCOCCOCCOCCOCCOCCOCCOCCOCCOCCOCCOCCOCCOCCOCCOCCOCCOCCOCCOCCOCCOCCOCCN=C=O. The van der Waals surface area contributed by atoms with Gasteiger partial charge >= 0.3 is 0 Å². The van der Waals surface area contributed by atoms with Crippen molar-refractivity contribution in [2.24, 2.45) is 4.99 Å². The van der Waals surface area contributed by atoms with Gasteiger partial charge in [-0.15, -0.1) is 0 Å². The fourth-order valence-corrected chi connectivity index (χ4v) is 9.86. The molecule has 0 aliphatic heterocycles. The Morgan fingerprint density at radius 2 is 0.158 bits per heavy atom. The average molecular weight is 2040 g/mol. The molecule has 0 atom stereocenters. The highest BCUT2D eigenvalue weighted by Crippen LogP contribution is 1.97. The van der Waals surface area contributed by atoms with Gasteiger partial charge in [0.15, 0.2) is 0 Å². The van der Waals surface area contributed by atoms with Crippen LogP contribution in [0.4, 0.5) is 0 Å². The Balaban J connectivity index is 3.11. The van der Waals surface area contributed by atoms with Gasteiger partial charge in [0.2, 0.25) is 6.08 Å². The topological polar surface area (TPSA) is 445 Å². The first kappa shape index (κ1) is 137. The third-order valence-corrected chi connectivity index (χ3v) is 16.8. The second kappa shape index (κ2) is 136. The normalized spacial score (nSPS) is 11.8. The van der Waals surface area contributed by atoms with E-state index in [2.05, 4.69) is 4.99 Å². The van der Waals surface area contributed by atoms with Gasteiger partial charge in [-0.25, -0.2) is 9.79 Å². The highest BCUT2D eigenvalue weighted by molar-refractivity contribution is 5.32. The highest BCUT2D eigenvalue weighted by Gasteiger charge is 2.07. The molecule has 0 aliphatic carbocycles. The Morgan fingerprint density at radius 3 is 0.216 bits per heavy atom. The van der Waals surface area contributed by atoms with Gasteiger partial charge in [0, 0.05) is 7.11 Å². The largest absolute Gasteiger partial charge is 0.382 e. The van der Waals surface area contributed by atoms with Crippen LogP contribution in [0.2, 0.25) is 0 Å². The molecular formula is C92H183NO46. The summed E-state index contributed by atoms with van der Waals surface area (Å²) >= 11 is 0. The van der Waals surface area contributed by atoms with Crippen LogP contribution in [0, 0.1) is 0 Å². The van der Waals surface area contributed by atoms with E-state index in [1.54, 1.807) is 7.11 Å². The Kier molecular flexibility index (Phi) is 133. The first-order chi connectivity index (χ1) is 69.4. The van der Waals surface area contributed by atoms with Crippen LogP contribution in [0.3, 0.4) is 0 Å². The molecule has 0 fully saturated rings. The van der Waals surface area contributed by atoms with Gasteiger partial charge in [-0.3, -0.25) is 0 Å². The molecule has 139 heavy (non-hydrogen) atoms. The van der Waals surface area contributed by atoms with Gasteiger partial charge in [-0.2, -0.15) is 0 Å². The molecule has 0 saturated heterocycles. The first-order valence-corrected chi connectivity index (χ1v) is 49.3. The summed E-state index contributed by atoms with van der Waals surface area (Å²) in [5.41, 5.74) is 0. The highest BCUT2D eigenvalue weighted by atomic mass is 16.7. The molecule has 0 spiro atoms. The summed E-state index contributed by atoms with van der Waals surface area (Å²) in [6.45, 7) is 43.0. The summed E-state index contributed by atoms with van der Waals surface area (Å²) in [4.78, 5) is 13.4. The van der Waals surface area contributed by atoms with E-state index in [1.165, 1.54) is 6.08 Å². The predicted octanol–water partition coefficient (Wildman–Crippen LogP) is 0.699. The number of rotatable bonds is 135. The van der Waals surface area contributed by atoms with E-state index in [0.29, 0.717) is 595 Å². The van der Waals surface area contributed by atoms with Crippen molar-refractivity contribution in [1.29, 1.82) is 0 Å². The molecule has 0 saturated carbocycles. The number of methoxy groups -OCH3 is 1. The van der Waals surface area contributed by atoms with Gasteiger partial charge in [0.1, 0.15) is 0 Å². The van der Waals surface area contributed by atoms with Crippen LogP contribution in [0.25, 0.3) is 0 Å². The minimum absolute atomic E-state index is 0.309. The lowest BCUT2D eigenvalue weighted by atomic mass is 10.6. The number of hydrogen-bond acceptors (Lipinski definition) is 47. The molecule has 0 unspecified atom stereocenters. The van der Waals surface area contributed by atoms with E-state index in [9.17, 15) is 4.79 Å². The second-order valence-corrected chi connectivity index (χ2v) is 27.9. The van der Waals surface area contributed by atoms with Gasteiger partial charge in [-0.1, -0.05) is 0 Å². The van der Waals surface area contributed by atoms with Crippen molar-refractivity contribution in [3.63, 3.8) is 0 Å². The van der Waals surface area contributed by atoms with Crippen molar-refractivity contribution in [2.75, 3.05) is 602 Å². The van der Waals surface area contributed by atoms with E-state index in [1.807, 2.05) is 0 Å². The molecule has 0 aromatic rings. The number of isocyanates is 1. The maximum atomic E-state index is 9.95. The molecule has 0 aromatic carbocycles. The van der Waals surface area contributed by atoms with Crippen LogP contribution in [0.1, 0.15) is 0 Å². The summed E-state index contributed by atoms with van der Waals surface area (Å²) in [6, 6.07) is 0. The summed E-state index contributed by atoms with van der Waals surface area (Å²) < 4.78 is 248. The van der Waals surface area contributed by atoms with Crippen LogP contribution < -0.4 is 0 Å². The molecule has 0 N–H and O–H groups in total. The van der Waals surface area contributed by atoms with Gasteiger partial charge in [0.05, 0.1) is 595 Å². The lowest BCUT2D eigenvalue weighted by Crippen LogP contribution is -2.16. The van der Waals surface area contributed by atoms with E-state index in [4.69, 9.17) is 213 Å². The van der Waals surface area contributed by atoms with E-state index in [0.717, 1.165) is 0 Å². The van der Waals surface area contributed by atoms with Crippen molar-refractivity contribution in [3.05, 3.63) is 0 Å². The fraction of sp³-hybridized carbons (Fsp3) is 0.989. The molecular weight excluding hydrogens is 1850 g/mol. The standard InChI is InChI=1S/C92H183NO46/c1-95-4-5-97-8-9-99-12-13-101-16-17-103-20-21-105-24-25-107-28-29-109-32-33-111-36-37-113-40-41-115-44-45-117-48-49-119-52-53-121-56-57-123-60-61-125-64-65-127-68-69-129-72-73-131-76-77-133-80-81-135-84-85-137-88-89-139-91-90-138-87-86-136-83-82-134-79-78-132-75-74-130-71-70-128-67-66-126-63-62-124-59-58-122-55-54-120-51-50-118-47-46-116-43-42-114-39-38-112-35-34-110-31-30-108-27-26-106-23-22-104-19-18-102-15-14-100-11-10-98-7-6-96-3-2-93-92-94/h2-91H2,1H3. The maximum Gasteiger partial charge on any atom is 0.235 e. The maximum absolute atomic E-state index is 9.95. The van der Waals surface area contributed by atoms with E-state index in [-0.39, 0.29) is 0 Å². The minimum Gasteiger partial charge on any atom is -0.382 e. The summed E-state index contributed by atoms with van der Waals surface area (Å²) in [6.07, 6.45) is 1.46. The number of nitrogens with zero attached hydrogens (tertiary/aromatic N) is 1. The average Bonchev–Trinajstić information content (AvgIpc) is 1.10. The third-order valence-electron chi connectivity index (χ3n) is 16.8. The third kappa shape index (κ3) is 136. The Bertz CT molecular complexity index is 1990. The zero-order valence-corrected chi connectivity index (χ0v) is 84.4. The molecule has 47 heteroatoms. The van der Waals surface area contributed by atoms with E-state index < -0.39 is 0 Å². The molecule has 832 valence electrons. The zero-order chi connectivity index (χ0) is 98.9. The first-order valence-electron chi connectivity index (χ1n) is 49.3. The lowest BCUT2D eigenvalue weighted by molar-refractivity contribution is -0.0329. The van der Waals surface area contributed by atoms with Crippen LogP contribution in [-0.4, -0.2) is 608 Å². The number of aliphatic imine (C=N–C) groups is 1. The van der Waals surface area contributed by atoms with Crippen molar-refractivity contribution in [1.82, 2.24) is 0 Å². The van der Waals surface area contributed by atoms with E-state index >= 15 is 0 Å². The van der Waals surface area contributed by atoms with Crippen molar-refractivity contribution >= 4 is 6.08 Å². The molecule has 0 aliphatic rings. The second-order valence-electron chi connectivity index (χ2n) is 27.9. The number of carbonyl (C=O) groups excluding carboxylic acids is 1. The van der Waals surface area contributed by atoms with Gasteiger partial charge < -0.3 is 213 Å². The summed E-state index contributed by atoms with van der Waals surface area (Å²) in [7, 11) is 1.64. The van der Waals surface area contributed by atoms with Gasteiger partial charge in [0.25, 0.3) is 0 Å². The Labute approximate surface area is 827 Å². The summed E-state index contributed by atoms with van der Waals surface area (Å²) in [5.74, 6) is 0. The van der Waals surface area contributed by atoms with Crippen molar-refractivity contribution in [3.8, 4) is 0 Å². The smallest absolute Gasteiger partial charge is 0.235 e. The molecule has 0 aromatic heterocycles. The molecule has 0 heterocycles. The molecule has 0 rings (SSSR count). The Hall–Kier alpha value is -2.42. The molecule has 0 amide bonds. The van der Waals surface area contributed by atoms with Crippen LogP contribution in [0.15, 0.2) is 4.99 Å². The van der Waals surface area contributed by atoms with Crippen molar-refractivity contribution < 1.29 is 218 Å². The number of hydrogen-bond donors (Lipinski definition) is 0. The van der Waals surface area contributed by atoms with Gasteiger partial charge in [-0.05, 0) is 0 Å². The number of ether oxygens (including phenoxy) is 45. The zero-order valence-electron chi connectivity index (χ0n) is 84.4. The molecule has 47 nitrogen and oxygen atoms in total. The van der Waals surface area contributed by atoms with Crippen molar-refractivity contribution in [2.45, 2.75) is 0 Å². The monoisotopic (exact) mass is 2040 g/mol. The molecule has 0 radical (unpaired) electrons. The predicted molar refractivity (Wildman–Crippen MR) is 501 cm³/mol. The van der Waals surface area contributed by atoms with Crippen LogP contribution in [-0.2, 0) is 218 Å². The van der Waals surface area contributed by atoms with Crippen LogP contribution in [0.5, 0.6) is 0 Å². The van der Waals surface area contributed by atoms with Crippen LogP contribution >= 0.6 is 0 Å². The summed E-state index contributed by atoms with van der Waals surface area (Å²) in [5, 5.41) is 0. The lowest BCUT2D eigenvalue weighted by Gasteiger charge is -2.09. The Morgan fingerprint density at radius 1 is 0.101 bits per heavy atom. The quantitative estimate of drug-likeness (QED) is 0.0459.